The molecule has 0 saturated heterocycles. The Labute approximate surface area is 141 Å². The fraction of sp³-hybridized carbons (Fsp3) is 0.111. The Morgan fingerprint density at radius 2 is 1.70 bits per heavy atom. The van der Waals surface area contributed by atoms with Crippen molar-refractivity contribution in [2.45, 2.75) is 6.92 Å². The normalized spacial score (nSPS) is 10.7. The highest BCUT2D eigenvalue weighted by atomic mass is 79.9. The molecular weight excluding hydrogens is 358 g/mol. The monoisotopic (exact) mass is 371 g/mol. The van der Waals surface area contributed by atoms with Gasteiger partial charge in [-0.3, -0.25) is 9.36 Å². The Balaban J connectivity index is 2.30. The molecule has 4 nitrogen and oxygen atoms in total. The third kappa shape index (κ3) is 2.47. The fourth-order valence-electron chi connectivity index (χ4n) is 2.74. The topological polar surface area (TPSA) is 48.3 Å². The van der Waals surface area contributed by atoms with Crippen LogP contribution in [0.3, 0.4) is 0 Å². The molecule has 0 amide bonds. The zero-order valence-electron chi connectivity index (χ0n) is 12.7. The van der Waals surface area contributed by atoms with Crippen LogP contribution in [0, 0.1) is 6.92 Å². The van der Waals surface area contributed by atoms with Crippen molar-refractivity contribution < 1.29 is 14.3 Å². The zero-order valence-corrected chi connectivity index (χ0v) is 14.3. The number of carbonyl (C=O) groups is 2. The number of hydrogen-bond acceptors (Lipinski definition) is 3. The van der Waals surface area contributed by atoms with Gasteiger partial charge < -0.3 is 4.74 Å². The first-order chi connectivity index (χ1) is 11.1. The molecule has 0 aliphatic heterocycles. The Bertz CT molecular complexity index is 927. The van der Waals surface area contributed by atoms with E-state index in [0.29, 0.717) is 32.2 Å². The summed E-state index contributed by atoms with van der Waals surface area (Å²) in [5.41, 5.74) is 2.21. The number of rotatable bonds is 2. The highest BCUT2D eigenvalue weighted by Crippen LogP contribution is 2.28. The number of methoxy groups -OCH3 is 1. The van der Waals surface area contributed by atoms with Gasteiger partial charge >= 0.3 is 5.97 Å². The molecule has 0 N–H and O–H groups in total. The average Bonchev–Trinajstić information content (AvgIpc) is 2.86. The first-order valence-corrected chi connectivity index (χ1v) is 7.83. The summed E-state index contributed by atoms with van der Waals surface area (Å²) in [4.78, 5) is 25.1. The number of fused-ring (bicyclic) bond motifs is 1. The third-order valence-electron chi connectivity index (χ3n) is 3.81. The van der Waals surface area contributed by atoms with E-state index >= 15 is 0 Å². The van der Waals surface area contributed by atoms with Gasteiger partial charge in [-0.1, -0.05) is 30.3 Å². The molecule has 2 aromatic carbocycles. The summed E-state index contributed by atoms with van der Waals surface area (Å²) in [6.45, 7) is 1.75. The molecule has 116 valence electrons. The summed E-state index contributed by atoms with van der Waals surface area (Å²) >= 11 is 3.41. The first kappa shape index (κ1) is 15.5. The van der Waals surface area contributed by atoms with Crippen LogP contribution in [-0.2, 0) is 4.74 Å². The number of halogens is 1. The van der Waals surface area contributed by atoms with Gasteiger partial charge in [-0.2, -0.15) is 0 Å². The molecule has 0 saturated carbocycles. The maximum atomic E-state index is 13.0. The molecule has 0 radical (unpaired) electrons. The van der Waals surface area contributed by atoms with E-state index in [1.165, 1.54) is 7.11 Å². The Morgan fingerprint density at radius 3 is 2.39 bits per heavy atom. The molecule has 0 atom stereocenters. The van der Waals surface area contributed by atoms with E-state index in [1.54, 1.807) is 23.6 Å². The van der Waals surface area contributed by atoms with E-state index in [2.05, 4.69) is 15.9 Å². The molecule has 0 spiro atoms. The summed E-state index contributed by atoms with van der Waals surface area (Å²) in [5.74, 6) is -0.640. The van der Waals surface area contributed by atoms with Crippen molar-refractivity contribution in [1.29, 1.82) is 0 Å². The van der Waals surface area contributed by atoms with E-state index in [9.17, 15) is 9.59 Å². The van der Waals surface area contributed by atoms with Crippen molar-refractivity contribution in [1.82, 2.24) is 4.57 Å². The molecule has 23 heavy (non-hydrogen) atoms. The minimum Gasteiger partial charge on any atom is -0.465 e. The van der Waals surface area contributed by atoms with Crippen LogP contribution in [0.2, 0.25) is 0 Å². The SMILES string of the molecule is COC(=O)c1c(C)n(C(=O)c2ccccc2Br)c2ccccc12. The van der Waals surface area contributed by atoms with Gasteiger partial charge in [0, 0.05) is 15.6 Å². The third-order valence-corrected chi connectivity index (χ3v) is 4.50. The summed E-state index contributed by atoms with van der Waals surface area (Å²) < 4.78 is 7.14. The quantitative estimate of drug-likeness (QED) is 0.634. The Kier molecular flexibility index (Phi) is 4.05. The summed E-state index contributed by atoms with van der Waals surface area (Å²) in [6, 6.07) is 14.5. The molecule has 0 unspecified atom stereocenters. The lowest BCUT2D eigenvalue weighted by atomic mass is 10.1. The summed E-state index contributed by atoms with van der Waals surface area (Å²) in [7, 11) is 1.34. The lowest BCUT2D eigenvalue weighted by Crippen LogP contribution is -2.15. The van der Waals surface area contributed by atoms with Crippen LogP contribution in [0.4, 0.5) is 0 Å². The molecule has 5 heteroatoms. The molecular formula is C18H14BrNO3. The predicted octanol–water partition coefficient (Wildman–Crippen LogP) is 4.19. The van der Waals surface area contributed by atoms with Crippen molar-refractivity contribution in [3.8, 4) is 0 Å². The molecule has 0 fully saturated rings. The fourth-order valence-corrected chi connectivity index (χ4v) is 3.20. The average molecular weight is 372 g/mol. The van der Waals surface area contributed by atoms with E-state index in [0.717, 1.165) is 0 Å². The van der Waals surface area contributed by atoms with Crippen molar-refractivity contribution in [3.63, 3.8) is 0 Å². The van der Waals surface area contributed by atoms with Crippen LogP contribution in [0.25, 0.3) is 10.9 Å². The van der Waals surface area contributed by atoms with Crippen molar-refractivity contribution in [2.24, 2.45) is 0 Å². The van der Waals surface area contributed by atoms with Gasteiger partial charge in [0.15, 0.2) is 0 Å². The molecule has 3 aromatic rings. The van der Waals surface area contributed by atoms with E-state index in [1.807, 2.05) is 36.4 Å². The number of carbonyl (C=O) groups excluding carboxylic acids is 2. The lowest BCUT2D eigenvalue weighted by Gasteiger charge is -2.08. The van der Waals surface area contributed by atoms with E-state index in [4.69, 9.17) is 4.74 Å². The smallest absolute Gasteiger partial charge is 0.340 e. The molecule has 1 aromatic heterocycles. The minimum absolute atomic E-state index is 0.193. The summed E-state index contributed by atoms with van der Waals surface area (Å²) in [6.07, 6.45) is 0. The largest absolute Gasteiger partial charge is 0.465 e. The molecule has 1 heterocycles. The predicted molar refractivity (Wildman–Crippen MR) is 91.9 cm³/mol. The number of para-hydroxylation sites is 1. The number of aromatic nitrogens is 1. The van der Waals surface area contributed by atoms with Crippen LogP contribution in [0.1, 0.15) is 26.4 Å². The van der Waals surface area contributed by atoms with Crippen LogP contribution in [-0.4, -0.2) is 23.6 Å². The second-order valence-corrected chi connectivity index (χ2v) is 5.94. The van der Waals surface area contributed by atoms with Crippen LogP contribution >= 0.6 is 15.9 Å². The van der Waals surface area contributed by atoms with Gasteiger partial charge in [-0.25, -0.2) is 4.79 Å². The van der Waals surface area contributed by atoms with Crippen molar-refractivity contribution >= 4 is 38.7 Å². The first-order valence-electron chi connectivity index (χ1n) is 7.04. The maximum absolute atomic E-state index is 13.0. The number of ether oxygens (including phenoxy) is 1. The lowest BCUT2D eigenvalue weighted by molar-refractivity contribution is 0.0602. The van der Waals surface area contributed by atoms with Gasteiger partial charge in [0.05, 0.1) is 23.8 Å². The van der Waals surface area contributed by atoms with Crippen LogP contribution < -0.4 is 0 Å². The zero-order chi connectivity index (χ0) is 16.6. The molecule has 3 rings (SSSR count). The number of nitrogens with zero attached hydrogens (tertiary/aromatic N) is 1. The standard InChI is InChI=1S/C18H14BrNO3/c1-11-16(18(22)23-2)13-8-4-6-10-15(13)20(11)17(21)12-7-3-5-9-14(12)19/h3-10H,1-2H3. The number of hydrogen-bond donors (Lipinski definition) is 0. The number of benzene rings is 2. The van der Waals surface area contributed by atoms with E-state index < -0.39 is 5.97 Å². The van der Waals surface area contributed by atoms with Gasteiger partial charge in [-0.15, -0.1) is 0 Å². The number of esters is 1. The Hall–Kier alpha value is -2.40. The van der Waals surface area contributed by atoms with Crippen LogP contribution in [0.5, 0.6) is 0 Å². The molecule has 0 aliphatic rings. The minimum atomic E-state index is -0.447. The van der Waals surface area contributed by atoms with E-state index in [-0.39, 0.29) is 5.91 Å². The van der Waals surface area contributed by atoms with Gasteiger partial charge in [0.25, 0.3) is 5.91 Å². The maximum Gasteiger partial charge on any atom is 0.340 e. The van der Waals surface area contributed by atoms with Crippen molar-refractivity contribution in [3.05, 3.63) is 69.8 Å². The second kappa shape index (κ2) is 6.01. The Morgan fingerprint density at radius 1 is 1.04 bits per heavy atom. The molecule has 0 aliphatic carbocycles. The second-order valence-electron chi connectivity index (χ2n) is 5.09. The van der Waals surface area contributed by atoms with Gasteiger partial charge in [0.2, 0.25) is 0 Å². The summed E-state index contributed by atoms with van der Waals surface area (Å²) in [5, 5.41) is 0.706. The molecule has 0 bridgehead atoms. The van der Waals surface area contributed by atoms with Crippen LogP contribution in [0.15, 0.2) is 53.0 Å². The van der Waals surface area contributed by atoms with Gasteiger partial charge in [-0.05, 0) is 41.1 Å². The highest BCUT2D eigenvalue weighted by molar-refractivity contribution is 9.10. The van der Waals surface area contributed by atoms with Crippen molar-refractivity contribution in [2.75, 3.05) is 7.11 Å². The van der Waals surface area contributed by atoms with Gasteiger partial charge in [0.1, 0.15) is 0 Å². The highest BCUT2D eigenvalue weighted by Gasteiger charge is 2.24.